The molecule has 0 aliphatic carbocycles. The minimum atomic E-state index is -4.90. The molecule has 0 atom stereocenters. The molecule has 3 aromatic carbocycles. The van der Waals surface area contributed by atoms with Gasteiger partial charge in [-0.1, -0.05) is 23.4 Å². The molecule has 44 heavy (non-hydrogen) atoms. The number of ether oxygens (including phenoxy) is 1. The molecule has 5 rings (SSSR count). The van der Waals surface area contributed by atoms with Crippen molar-refractivity contribution >= 4 is 9.84 Å². The van der Waals surface area contributed by atoms with E-state index in [9.17, 15) is 39.9 Å². The number of aliphatic hydroxyl groups excluding tert-OH is 1. The Hall–Kier alpha value is -4.70. The number of hydrogen-bond acceptors (Lipinski definition) is 7. The van der Waals surface area contributed by atoms with Crippen LogP contribution in [-0.2, 0) is 22.6 Å². The summed E-state index contributed by atoms with van der Waals surface area (Å²) in [6, 6.07) is 13.8. The predicted molar refractivity (Wildman–Crippen MR) is 145 cm³/mol. The van der Waals surface area contributed by atoms with E-state index in [1.165, 1.54) is 52.7 Å². The molecule has 0 aliphatic rings. The van der Waals surface area contributed by atoms with Crippen molar-refractivity contribution in [3.63, 3.8) is 0 Å². The first-order chi connectivity index (χ1) is 20.5. The van der Waals surface area contributed by atoms with Gasteiger partial charge in [-0.25, -0.2) is 18.1 Å². The molecule has 230 valence electrons. The monoisotopic (exact) mass is 637 g/mol. The van der Waals surface area contributed by atoms with E-state index >= 15 is 0 Å². The summed E-state index contributed by atoms with van der Waals surface area (Å²) in [4.78, 5) is 3.53. The molecule has 16 heteroatoms. The average molecular weight is 638 g/mol. The standard InChI is InChI=1S/C28H21F6N5O4S/c1-16-36-26(27(29,30)31)14-38(16)22-10-7-18(19-3-4-20(15-40)25(12-19)44(2,41)42)11-23(22)39-24(13-35-37-39)17-5-8-21(9-6-17)43-28(32,33)34/h3-14,40H,15H2,1-2H3. The molecule has 1 N–H and O–H groups in total. The van der Waals surface area contributed by atoms with Crippen LogP contribution in [0.4, 0.5) is 26.3 Å². The Bertz CT molecular complexity index is 1950. The number of aromatic nitrogens is 5. The van der Waals surface area contributed by atoms with E-state index in [2.05, 4.69) is 20.0 Å². The second-order valence-electron chi connectivity index (χ2n) is 9.60. The molecule has 0 fully saturated rings. The number of aliphatic hydroxyl groups is 1. The van der Waals surface area contributed by atoms with Gasteiger partial charge in [0.2, 0.25) is 0 Å². The molecule has 0 bridgehead atoms. The van der Waals surface area contributed by atoms with Gasteiger partial charge in [-0.15, -0.1) is 18.3 Å². The van der Waals surface area contributed by atoms with Crippen LogP contribution in [0.15, 0.2) is 78.0 Å². The summed E-state index contributed by atoms with van der Waals surface area (Å²) >= 11 is 0. The highest BCUT2D eigenvalue weighted by atomic mass is 32.2. The number of halogens is 6. The van der Waals surface area contributed by atoms with E-state index in [-0.39, 0.29) is 33.4 Å². The number of nitrogens with zero attached hydrogens (tertiary/aromatic N) is 5. The van der Waals surface area contributed by atoms with E-state index in [0.29, 0.717) is 16.7 Å². The van der Waals surface area contributed by atoms with Crippen LogP contribution in [0.5, 0.6) is 5.75 Å². The Kier molecular flexibility index (Phi) is 7.75. The van der Waals surface area contributed by atoms with E-state index in [1.807, 2.05) is 0 Å². The summed E-state index contributed by atoms with van der Waals surface area (Å²) in [6.45, 7) is 0.851. The Morgan fingerprint density at radius 1 is 0.886 bits per heavy atom. The highest BCUT2D eigenvalue weighted by Crippen LogP contribution is 2.35. The maximum Gasteiger partial charge on any atom is 0.573 e. The number of aryl methyl sites for hydroxylation is 1. The van der Waals surface area contributed by atoms with Gasteiger partial charge < -0.3 is 14.4 Å². The van der Waals surface area contributed by atoms with Crippen molar-refractivity contribution in [3.05, 3.63) is 90.1 Å². The van der Waals surface area contributed by atoms with Gasteiger partial charge in [-0.05, 0) is 66.1 Å². The quantitative estimate of drug-likeness (QED) is 0.221. The van der Waals surface area contributed by atoms with Gasteiger partial charge in [-0.3, -0.25) is 0 Å². The van der Waals surface area contributed by atoms with Gasteiger partial charge in [0.05, 0.1) is 34.8 Å². The smallest absolute Gasteiger partial charge is 0.406 e. The molecular formula is C28H21F6N5O4S. The molecular weight excluding hydrogens is 616 g/mol. The molecule has 2 aromatic heterocycles. The van der Waals surface area contributed by atoms with Gasteiger partial charge in [-0.2, -0.15) is 13.2 Å². The minimum absolute atomic E-state index is 0.00620. The first-order valence-corrected chi connectivity index (χ1v) is 14.4. The minimum Gasteiger partial charge on any atom is -0.406 e. The van der Waals surface area contributed by atoms with Crippen LogP contribution in [0.2, 0.25) is 0 Å². The molecule has 0 radical (unpaired) electrons. The SMILES string of the molecule is Cc1nc(C(F)(F)F)cn1-c1ccc(-c2ccc(CO)c(S(C)(=O)=O)c2)cc1-n1nncc1-c1ccc(OC(F)(F)F)cc1. The third-order valence-corrected chi connectivity index (χ3v) is 7.72. The number of hydrogen-bond donors (Lipinski definition) is 1. The predicted octanol–water partition coefficient (Wildman–Crippen LogP) is 5.91. The Labute approximate surface area is 245 Å². The summed E-state index contributed by atoms with van der Waals surface area (Å²) < 4.78 is 110. The Morgan fingerprint density at radius 2 is 1.52 bits per heavy atom. The number of benzene rings is 3. The number of sulfone groups is 1. The lowest BCUT2D eigenvalue weighted by molar-refractivity contribution is -0.274. The van der Waals surface area contributed by atoms with E-state index in [1.54, 1.807) is 18.2 Å². The first kappa shape index (κ1) is 30.7. The summed E-state index contributed by atoms with van der Waals surface area (Å²) in [5, 5.41) is 17.7. The first-order valence-electron chi connectivity index (χ1n) is 12.5. The summed E-state index contributed by atoms with van der Waals surface area (Å²) in [6.07, 6.45) is -6.51. The topological polar surface area (TPSA) is 112 Å². The van der Waals surface area contributed by atoms with Crippen LogP contribution >= 0.6 is 0 Å². The zero-order valence-corrected chi connectivity index (χ0v) is 23.5. The average Bonchev–Trinajstić information content (AvgIpc) is 3.58. The van der Waals surface area contributed by atoms with Gasteiger partial charge in [0, 0.05) is 18.0 Å². The third-order valence-electron chi connectivity index (χ3n) is 6.54. The van der Waals surface area contributed by atoms with Crippen LogP contribution in [0.3, 0.4) is 0 Å². The van der Waals surface area contributed by atoms with E-state index in [4.69, 9.17) is 0 Å². The highest BCUT2D eigenvalue weighted by molar-refractivity contribution is 7.90. The fourth-order valence-electron chi connectivity index (χ4n) is 4.58. The number of rotatable bonds is 7. The molecule has 9 nitrogen and oxygen atoms in total. The fourth-order valence-corrected chi connectivity index (χ4v) is 5.53. The van der Waals surface area contributed by atoms with Crippen LogP contribution in [0.1, 0.15) is 17.1 Å². The second-order valence-corrected chi connectivity index (χ2v) is 11.6. The Balaban J connectivity index is 1.70. The van der Waals surface area contributed by atoms with Crippen molar-refractivity contribution in [2.75, 3.05) is 6.26 Å². The third kappa shape index (κ3) is 6.30. The van der Waals surface area contributed by atoms with Gasteiger partial charge in [0.1, 0.15) is 11.6 Å². The van der Waals surface area contributed by atoms with Crippen LogP contribution in [-0.4, -0.2) is 50.7 Å². The lowest BCUT2D eigenvalue weighted by Crippen LogP contribution is -2.16. The maximum absolute atomic E-state index is 13.5. The zero-order chi connectivity index (χ0) is 32.0. The normalized spacial score (nSPS) is 12.5. The van der Waals surface area contributed by atoms with E-state index < -0.39 is 40.4 Å². The summed E-state index contributed by atoms with van der Waals surface area (Å²) in [5.41, 5.74) is 0.876. The van der Waals surface area contributed by atoms with Crippen molar-refractivity contribution < 1.29 is 44.6 Å². The molecule has 0 unspecified atom stereocenters. The molecule has 2 heterocycles. The van der Waals surface area contributed by atoms with Gasteiger partial charge >= 0.3 is 12.5 Å². The van der Waals surface area contributed by atoms with Crippen molar-refractivity contribution in [1.82, 2.24) is 24.5 Å². The fraction of sp³-hybridized carbons (Fsp3) is 0.179. The van der Waals surface area contributed by atoms with Crippen molar-refractivity contribution in [2.45, 2.75) is 31.0 Å². The maximum atomic E-state index is 13.5. The molecule has 5 aromatic rings. The molecule has 0 saturated carbocycles. The second kappa shape index (κ2) is 11.1. The number of alkyl halides is 6. The van der Waals surface area contributed by atoms with Gasteiger partial charge in [0.25, 0.3) is 0 Å². The van der Waals surface area contributed by atoms with Crippen molar-refractivity contribution in [1.29, 1.82) is 0 Å². The van der Waals surface area contributed by atoms with Crippen molar-refractivity contribution in [2.24, 2.45) is 0 Å². The van der Waals surface area contributed by atoms with Crippen molar-refractivity contribution in [3.8, 4) is 39.5 Å². The van der Waals surface area contributed by atoms with Crippen LogP contribution in [0.25, 0.3) is 33.8 Å². The van der Waals surface area contributed by atoms with E-state index in [0.717, 1.165) is 24.6 Å². The summed E-state index contributed by atoms with van der Waals surface area (Å²) in [5.74, 6) is -0.474. The van der Waals surface area contributed by atoms with Gasteiger partial charge in [0.15, 0.2) is 15.5 Å². The summed E-state index contributed by atoms with van der Waals surface area (Å²) in [7, 11) is -3.74. The zero-order valence-electron chi connectivity index (χ0n) is 22.7. The van der Waals surface area contributed by atoms with Crippen LogP contribution in [0, 0.1) is 6.92 Å². The largest absolute Gasteiger partial charge is 0.573 e. The lowest BCUT2D eigenvalue weighted by atomic mass is 10.0. The molecule has 0 aliphatic heterocycles. The molecule has 0 amide bonds. The van der Waals surface area contributed by atoms with Crippen LogP contribution < -0.4 is 4.74 Å². The highest BCUT2D eigenvalue weighted by Gasteiger charge is 2.35. The molecule has 0 spiro atoms. The lowest BCUT2D eigenvalue weighted by Gasteiger charge is -2.16. The molecule has 0 saturated heterocycles. The number of imidazole rings is 1. The Morgan fingerprint density at radius 3 is 2.11 bits per heavy atom.